The summed E-state index contributed by atoms with van der Waals surface area (Å²) in [6, 6.07) is 0. The van der Waals surface area contributed by atoms with Crippen molar-refractivity contribution in [2.75, 3.05) is 0 Å². The average Bonchev–Trinajstić information content (AvgIpc) is 2.87. The zero-order valence-electron chi connectivity index (χ0n) is 6.83. The van der Waals surface area contributed by atoms with E-state index in [2.05, 4.69) is 36.1 Å². The van der Waals surface area contributed by atoms with Gasteiger partial charge in [-0.3, -0.25) is 0 Å². The molecule has 0 aromatic carbocycles. The lowest BCUT2D eigenvalue weighted by Crippen LogP contribution is -1.93. The second-order valence-electron chi connectivity index (χ2n) is 3.61. The van der Waals surface area contributed by atoms with Gasteiger partial charge in [-0.05, 0) is 41.6 Å². The van der Waals surface area contributed by atoms with Crippen LogP contribution in [0.1, 0.15) is 6.42 Å². The van der Waals surface area contributed by atoms with Crippen molar-refractivity contribution in [2.24, 2.45) is 11.8 Å². The molecule has 3 aliphatic rings. The first-order valence-corrected chi connectivity index (χ1v) is 4.47. The van der Waals surface area contributed by atoms with E-state index in [1.807, 2.05) is 6.08 Å². The van der Waals surface area contributed by atoms with Gasteiger partial charge in [-0.1, -0.05) is 24.3 Å². The Morgan fingerprint density at radius 1 is 1.33 bits per heavy atom. The Morgan fingerprint density at radius 2 is 2.33 bits per heavy atom. The van der Waals surface area contributed by atoms with Crippen molar-refractivity contribution >= 4 is 0 Å². The van der Waals surface area contributed by atoms with E-state index in [4.69, 9.17) is 0 Å². The van der Waals surface area contributed by atoms with Crippen LogP contribution in [0.3, 0.4) is 0 Å². The highest BCUT2D eigenvalue weighted by molar-refractivity contribution is 5.50. The summed E-state index contributed by atoms with van der Waals surface area (Å²) >= 11 is 0. The quantitative estimate of drug-likeness (QED) is 0.471. The number of fused-ring (bicyclic) bond motifs is 2. The molecule has 58 valence electrons. The number of rotatable bonds is 0. The van der Waals surface area contributed by atoms with E-state index in [9.17, 15) is 0 Å². The van der Waals surface area contributed by atoms with Crippen LogP contribution in [0.5, 0.6) is 0 Å². The Kier molecular flexibility index (Phi) is 1.11. The topological polar surface area (TPSA) is 0 Å². The molecule has 3 aliphatic carbocycles. The van der Waals surface area contributed by atoms with E-state index < -0.39 is 0 Å². The fraction of sp³-hybridized carbons (Fsp3) is 0.250. The number of hydrogen-bond donors (Lipinski definition) is 0. The van der Waals surface area contributed by atoms with E-state index in [0.717, 1.165) is 11.8 Å². The Morgan fingerprint density at radius 3 is 3.33 bits per heavy atom. The normalized spacial score (nSPS) is 34.7. The molecule has 0 saturated heterocycles. The van der Waals surface area contributed by atoms with E-state index in [1.54, 1.807) is 0 Å². The molecule has 0 spiro atoms. The molecule has 0 radical (unpaired) electrons. The molecule has 0 aromatic heterocycles. The summed E-state index contributed by atoms with van der Waals surface area (Å²) in [6.45, 7) is 0. The summed E-state index contributed by atoms with van der Waals surface area (Å²) in [4.78, 5) is 0. The van der Waals surface area contributed by atoms with Gasteiger partial charge in [0.15, 0.2) is 0 Å². The van der Waals surface area contributed by atoms with Crippen molar-refractivity contribution in [3.05, 3.63) is 53.3 Å². The monoisotopic (exact) mass is 154 g/mol. The minimum absolute atomic E-state index is 0.825. The molecule has 0 amide bonds. The lowest BCUT2D eigenvalue weighted by atomic mass is 9.97. The third-order valence-corrected chi connectivity index (χ3v) is 2.80. The Hall–Kier alpha value is -1.26. The SMILES string of the molecule is C1=CC=CC2=C(C=1)C=CC1CC21. The van der Waals surface area contributed by atoms with Crippen LogP contribution in [0.4, 0.5) is 0 Å². The van der Waals surface area contributed by atoms with Gasteiger partial charge in [0.1, 0.15) is 0 Å². The molecule has 1 saturated carbocycles. The maximum absolute atomic E-state index is 3.14. The van der Waals surface area contributed by atoms with Crippen LogP contribution in [0, 0.1) is 11.8 Å². The standard InChI is InChI=1S/C12H10/c1-2-4-9-6-7-10-8-12(10)11(9)5-3-1/h1,3-7,10,12H,8H2. The largest absolute Gasteiger partial charge is 0.120 e. The molecule has 0 N–H and O–H groups in total. The van der Waals surface area contributed by atoms with Gasteiger partial charge in [-0.15, -0.1) is 5.73 Å². The highest BCUT2D eigenvalue weighted by Gasteiger charge is 2.39. The summed E-state index contributed by atoms with van der Waals surface area (Å²) < 4.78 is 0. The Labute approximate surface area is 72.3 Å². The van der Waals surface area contributed by atoms with Crippen molar-refractivity contribution < 1.29 is 0 Å². The van der Waals surface area contributed by atoms with Crippen LogP contribution >= 0.6 is 0 Å². The third kappa shape index (κ3) is 0.790. The van der Waals surface area contributed by atoms with E-state index in [-0.39, 0.29) is 0 Å². The zero-order valence-corrected chi connectivity index (χ0v) is 6.83. The van der Waals surface area contributed by atoms with Crippen molar-refractivity contribution in [1.82, 2.24) is 0 Å². The van der Waals surface area contributed by atoms with Gasteiger partial charge in [0, 0.05) is 0 Å². The molecule has 0 aliphatic heterocycles. The average molecular weight is 154 g/mol. The van der Waals surface area contributed by atoms with Gasteiger partial charge >= 0.3 is 0 Å². The molecule has 3 rings (SSSR count). The molecular formula is C12H10. The summed E-state index contributed by atoms with van der Waals surface area (Å²) in [6.07, 6.45) is 14.3. The minimum atomic E-state index is 0.825. The highest BCUT2D eigenvalue weighted by atomic mass is 14.4. The molecule has 0 nitrogen and oxygen atoms in total. The van der Waals surface area contributed by atoms with E-state index >= 15 is 0 Å². The summed E-state index contributed by atoms with van der Waals surface area (Å²) in [7, 11) is 0. The fourth-order valence-electron chi connectivity index (χ4n) is 2.02. The van der Waals surface area contributed by atoms with E-state index in [0.29, 0.717) is 0 Å². The van der Waals surface area contributed by atoms with Crippen LogP contribution < -0.4 is 0 Å². The zero-order chi connectivity index (χ0) is 7.97. The first-order chi connectivity index (χ1) is 5.95. The van der Waals surface area contributed by atoms with Crippen molar-refractivity contribution in [3.63, 3.8) is 0 Å². The smallest absolute Gasteiger partial charge is 0.00867 e. The second-order valence-corrected chi connectivity index (χ2v) is 3.61. The Bertz CT molecular complexity index is 371. The molecule has 1 fully saturated rings. The van der Waals surface area contributed by atoms with E-state index in [1.165, 1.54) is 17.6 Å². The summed E-state index contributed by atoms with van der Waals surface area (Å²) in [5, 5.41) is 0. The number of allylic oxidation sites excluding steroid dienone is 7. The summed E-state index contributed by atoms with van der Waals surface area (Å²) in [5.41, 5.74) is 6.02. The second kappa shape index (κ2) is 2.12. The van der Waals surface area contributed by atoms with Gasteiger partial charge in [-0.25, -0.2) is 0 Å². The molecule has 0 bridgehead atoms. The van der Waals surface area contributed by atoms with Gasteiger partial charge in [0.05, 0.1) is 0 Å². The predicted octanol–water partition coefficient (Wildman–Crippen LogP) is 2.77. The van der Waals surface area contributed by atoms with Gasteiger partial charge < -0.3 is 0 Å². The first-order valence-electron chi connectivity index (χ1n) is 4.47. The minimum Gasteiger partial charge on any atom is -0.120 e. The lowest BCUT2D eigenvalue weighted by molar-refractivity contribution is 0.927. The maximum atomic E-state index is 3.14. The summed E-state index contributed by atoms with van der Waals surface area (Å²) in [5.74, 6) is 1.67. The molecular weight excluding hydrogens is 144 g/mol. The maximum Gasteiger partial charge on any atom is -0.00867 e. The molecule has 2 unspecified atom stereocenters. The third-order valence-electron chi connectivity index (χ3n) is 2.80. The molecule has 12 heavy (non-hydrogen) atoms. The molecule has 2 atom stereocenters. The van der Waals surface area contributed by atoms with Crippen LogP contribution in [-0.4, -0.2) is 0 Å². The number of hydrogen-bond acceptors (Lipinski definition) is 0. The van der Waals surface area contributed by atoms with Gasteiger partial charge in [0.2, 0.25) is 0 Å². The first kappa shape index (κ1) is 6.28. The van der Waals surface area contributed by atoms with Crippen molar-refractivity contribution in [3.8, 4) is 0 Å². The fourth-order valence-corrected chi connectivity index (χ4v) is 2.02. The van der Waals surface area contributed by atoms with Gasteiger partial charge in [0.25, 0.3) is 0 Å². The lowest BCUT2D eigenvalue weighted by Gasteiger charge is -2.07. The Balaban J connectivity index is 2.16. The molecule has 0 heteroatoms. The van der Waals surface area contributed by atoms with Crippen LogP contribution in [0.2, 0.25) is 0 Å². The van der Waals surface area contributed by atoms with Crippen LogP contribution in [0.25, 0.3) is 0 Å². The molecule has 0 heterocycles. The van der Waals surface area contributed by atoms with Crippen molar-refractivity contribution in [1.29, 1.82) is 0 Å². The predicted molar refractivity (Wildman–Crippen MR) is 49.6 cm³/mol. The van der Waals surface area contributed by atoms with Crippen LogP contribution in [-0.2, 0) is 0 Å². The molecule has 0 aromatic rings. The highest BCUT2D eigenvalue weighted by Crippen LogP contribution is 2.49. The van der Waals surface area contributed by atoms with Gasteiger partial charge in [-0.2, -0.15) is 0 Å². The van der Waals surface area contributed by atoms with Crippen LogP contribution in [0.15, 0.2) is 53.3 Å². The van der Waals surface area contributed by atoms with Crippen molar-refractivity contribution in [2.45, 2.75) is 6.42 Å².